The minimum Gasteiger partial charge on any atom is -0.508 e. The molecule has 0 radical (unpaired) electrons. The van der Waals surface area contributed by atoms with Crippen LogP contribution in [0, 0.1) is 0 Å². The molecule has 1 aliphatic carbocycles. The maximum absolute atomic E-state index is 12.4. The summed E-state index contributed by atoms with van der Waals surface area (Å²) in [4.78, 5) is 17.1. The van der Waals surface area contributed by atoms with Crippen molar-refractivity contribution in [2.75, 3.05) is 39.8 Å². The zero-order chi connectivity index (χ0) is 19.1. The summed E-state index contributed by atoms with van der Waals surface area (Å²) in [5, 5.41) is 12.2. The predicted molar refractivity (Wildman–Crippen MR) is 106 cm³/mol. The number of nitrogens with one attached hydrogen (secondary N) is 1. The molecule has 2 heterocycles. The number of carbonyl (C=O) groups is 1. The lowest BCUT2D eigenvalue weighted by atomic mass is 9.91. The Bertz CT molecular complexity index is 600. The molecule has 2 N–H and O–H groups in total. The molecule has 27 heavy (non-hydrogen) atoms. The van der Waals surface area contributed by atoms with Crippen LogP contribution in [0.2, 0.25) is 0 Å². The Balaban J connectivity index is 0.000000197. The third kappa shape index (κ3) is 5.59. The Labute approximate surface area is 162 Å². The highest BCUT2D eigenvalue weighted by atomic mass is 16.5. The minimum atomic E-state index is 0.111. The van der Waals surface area contributed by atoms with Crippen LogP contribution < -0.4 is 10.1 Å². The van der Waals surface area contributed by atoms with Crippen LogP contribution in [0.3, 0.4) is 0 Å². The topological polar surface area (TPSA) is 65.0 Å². The molecule has 4 rings (SSSR count). The molecule has 1 amide bonds. The van der Waals surface area contributed by atoms with Gasteiger partial charge in [0.2, 0.25) is 5.91 Å². The highest BCUT2D eigenvalue weighted by Gasteiger charge is 2.30. The van der Waals surface area contributed by atoms with Crippen LogP contribution in [0.5, 0.6) is 11.5 Å². The third-order valence-corrected chi connectivity index (χ3v) is 5.84. The number of hydrogen-bond acceptors (Lipinski definition) is 5. The lowest BCUT2D eigenvalue weighted by Gasteiger charge is -2.36. The Morgan fingerprint density at radius 1 is 1.11 bits per heavy atom. The molecule has 6 nitrogen and oxygen atoms in total. The van der Waals surface area contributed by atoms with E-state index >= 15 is 0 Å². The molecule has 2 saturated heterocycles. The monoisotopic (exact) mass is 375 g/mol. The largest absolute Gasteiger partial charge is 0.508 e. The zero-order valence-corrected chi connectivity index (χ0v) is 16.4. The van der Waals surface area contributed by atoms with Crippen LogP contribution >= 0.6 is 0 Å². The summed E-state index contributed by atoms with van der Waals surface area (Å²) in [6.07, 6.45) is 7.47. The second kappa shape index (κ2) is 9.95. The number of aromatic hydroxyl groups is 1. The van der Waals surface area contributed by atoms with E-state index in [-0.39, 0.29) is 11.8 Å². The molecule has 6 heteroatoms. The third-order valence-electron chi connectivity index (χ3n) is 5.84. The number of carbonyl (C=O) groups excluding carboxylic acids is 1. The second-order valence-corrected chi connectivity index (χ2v) is 7.65. The molecular formula is C21H33N3O3. The molecule has 3 aliphatic rings. The minimum absolute atomic E-state index is 0.111. The van der Waals surface area contributed by atoms with Crippen molar-refractivity contribution in [2.45, 2.75) is 50.6 Å². The molecular weight excluding hydrogens is 342 g/mol. The van der Waals surface area contributed by atoms with Gasteiger partial charge in [0, 0.05) is 38.3 Å². The van der Waals surface area contributed by atoms with Gasteiger partial charge in [-0.2, -0.15) is 0 Å². The van der Waals surface area contributed by atoms with E-state index in [0.29, 0.717) is 11.7 Å². The number of rotatable bonds is 3. The van der Waals surface area contributed by atoms with Crippen LogP contribution in [0.15, 0.2) is 24.3 Å². The number of nitrogens with zero attached hydrogens (tertiary/aromatic N) is 2. The summed E-state index contributed by atoms with van der Waals surface area (Å²) < 4.78 is 4.84. The molecule has 0 unspecified atom stereocenters. The van der Waals surface area contributed by atoms with Crippen LogP contribution in [0.4, 0.5) is 0 Å². The maximum atomic E-state index is 12.4. The van der Waals surface area contributed by atoms with Gasteiger partial charge in [-0.05, 0) is 50.8 Å². The van der Waals surface area contributed by atoms with E-state index in [0.717, 1.165) is 51.5 Å². The highest BCUT2D eigenvalue weighted by Crippen LogP contribution is 2.25. The van der Waals surface area contributed by atoms with Gasteiger partial charge in [-0.3, -0.25) is 9.69 Å². The Morgan fingerprint density at radius 3 is 2.56 bits per heavy atom. The number of benzene rings is 1. The summed E-state index contributed by atoms with van der Waals surface area (Å²) >= 11 is 0. The number of hydrogen-bond donors (Lipinski definition) is 2. The van der Waals surface area contributed by atoms with E-state index in [9.17, 15) is 4.79 Å². The van der Waals surface area contributed by atoms with Gasteiger partial charge in [0.25, 0.3) is 0 Å². The maximum Gasteiger partial charge on any atom is 0.239 e. The van der Waals surface area contributed by atoms with Crippen molar-refractivity contribution < 1.29 is 14.6 Å². The standard InChI is InChI=1S/C14H25N3O.C7H8O2/c18-14(13-6-2-7-15-13)17-9-3-8-16(10-11-17)12-4-1-5-12;1-9-7-4-2-3-6(8)5-7/h12-13,15H,1-11H2;2-5,8H,1H3/t13-;/m1./s1. The zero-order valence-electron chi connectivity index (χ0n) is 16.4. The molecule has 1 aromatic carbocycles. The fraction of sp³-hybridized carbons (Fsp3) is 0.667. The van der Waals surface area contributed by atoms with Crippen molar-refractivity contribution in [3.05, 3.63) is 24.3 Å². The summed E-state index contributed by atoms with van der Waals surface area (Å²) in [6.45, 7) is 5.18. The Morgan fingerprint density at radius 2 is 1.96 bits per heavy atom. The van der Waals surface area contributed by atoms with Gasteiger partial charge >= 0.3 is 0 Å². The van der Waals surface area contributed by atoms with Gasteiger partial charge in [-0.25, -0.2) is 0 Å². The highest BCUT2D eigenvalue weighted by molar-refractivity contribution is 5.82. The molecule has 0 aromatic heterocycles. The molecule has 150 valence electrons. The number of methoxy groups -OCH3 is 1. The lowest BCUT2D eigenvalue weighted by Crippen LogP contribution is -2.46. The normalized spacial score (nSPS) is 23.7. The molecule has 1 saturated carbocycles. The van der Waals surface area contributed by atoms with E-state index in [1.165, 1.54) is 25.8 Å². The predicted octanol–water partition coefficient (Wildman–Crippen LogP) is 2.23. The first-order valence-electron chi connectivity index (χ1n) is 10.3. The molecule has 2 aliphatic heterocycles. The van der Waals surface area contributed by atoms with Gasteiger partial charge in [-0.1, -0.05) is 12.5 Å². The fourth-order valence-electron chi connectivity index (χ4n) is 4.00. The van der Waals surface area contributed by atoms with E-state index < -0.39 is 0 Å². The van der Waals surface area contributed by atoms with Crippen molar-refractivity contribution in [3.63, 3.8) is 0 Å². The Kier molecular flexibility index (Phi) is 7.35. The number of phenols is 1. The van der Waals surface area contributed by atoms with Crippen molar-refractivity contribution in [2.24, 2.45) is 0 Å². The average Bonchev–Trinajstić information content (AvgIpc) is 3.07. The summed E-state index contributed by atoms with van der Waals surface area (Å²) in [6, 6.07) is 7.60. The summed E-state index contributed by atoms with van der Waals surface area (Å²) in [5.41, 5.74) is 0. The van der Waals surface area contributed by atoms with E-state index in [4.69, 9.17) is 9.84 Å². The number of ether oxygens (including phenoxy) is 1. The van der Waals surface area contributed by atoms with E-state index in [1.54, 1.807) is 31.4 Å². The average molecular weight is 376 g/mol. The smallest absolute Gasteiger partial charge is 0.239 e. The summed E-state index contributed by atoms with van der Waals surface area (Å²) in [5.74, 6) is 1.26. The van der Waals surface area contributed by atoms with E-state index in [1.807, 2.05) is 0 Å². The number of amides is 1. The lowest BCUT2D eigenvalue weighted by molar-refractivity contribution is -0.133. The van der Waals surface area contributed by atoms with Crippen molar-refractivity contribution in [1.29, 1.82) is 0 Å². The fourth-order valence-corrected chi connectivity index (χ4v) is 4.00. The Hall–Kier alpha value is -1.79. The quantitative estimate of drug-likeness (QED) is 0.848. The van der Waals surface area contributed by atoms with Crippen molar-refractivity contribution >= 4 is 5.91 Å². The van der Waals surface area contributed by atoms with Gasteiger partial charge in [0.1, 0.15) is 11.5 Å². The van der Waals surface area contributed by atoms with Crippen LogP contribution in [-0.2, 0) is 4.79 Å². The van der Waals surface area contributed by atoms with Crippen LogP contribution in [0.25, 0.3) is 0 Å². The van der Waals surface area contributed by atoms with E-state index in [2.05, 4.69) is 15.1 Å². The molecule has 0 spiro atoms. The molecule has 3 fully saturated rings. The van der Waals surface area contributed by atoms with Gasteiger partial charge in [0.05, 0.1) is 13.2 Å². The van der Waals surface area contributed by atoms with Crippen molar-refractivity contribution in [3.8, 4) is 11.5 Å². The van der Waals surface area contributed by atoms with Crippen LogP contribution in [-0.4, -0.2) is 72.7 Å². The van der Waals surface area contributed by atoms with Gasteiger partial charge in [-0.15, -0.1) is 0 Å². The first-order chi connectivity index (χ1) is 13.2. The van der Waals surface area contributed by atoms with Crippen LogP contribution in [0.1, 0.15) is 38.5 Å². The molecule has 1 aromatic rings. The molecule has 0 bridgehead atoms. The SMILES string of the molecule is COc1cccc(O)c1.O=C([C@H]1CCCN1)N1CCCN(C2CCC2)CC1. The summed E-state index contributed by atoms with van der Waals surface area (Å²) in [7, 11) is 1.56. The second-order valence-electron chi connectivity index (χ2n) is 7.65. The van der Waals surface area contributed by atoms with Gasteiger partial charge < -0.3 is 20.1 Å². The first kappa shape index (κ1) is 20.0. The number of phenolic OH excluding ortho intramolecular Hbond substituents is 1. The first-order valence-corrected chi connectivity index (χ1v) is 10.3. The molecule has 1 atom stereocenters. The van der Waals surface area contributed by atoms with Crippen molar-refractivity contribution in [1.82, 2.24) is 15.1 Å². The van der Waals surface area contributed by atoms with Gasteiger partial charge in [0.15, 0.2) is 0 Å².